The second-order valence-electron chi connectivity index (χ2n) is 8.66. The van der Waals surface area contributed by atoms with E-state index in [1.165, 1.54) is 65.7 Å². The zero-order valence-corrected chi connectivity index (χ0v) is 18.3. The Kier molecular flexibility index (Phi) is 4.29. The first kappa shape index (κ1) is 18.8. The molecule has 0 radical (unpaired) electrons. The minimum Gasteiger partial charge on any atom is -0.264 e. The Bertz CT molecular complexity index is 1560. The van der Waals surface area contributed by atoms with Crippen molar-refractivity contribution in [2.24, 2.45) is 0 Å². The largest absolute Gasteiger partial charge is 0.264 e. The summed E-state index contributed by atoms with van der Waals surface area (Å²) >= 11 is 0. The molecule has 0 spiro atoms. The fraction of sp³-hybridized carbons (Fsp3) is 0.0645. The molecule has 0 atom stereocenters. The van der Waals surface area contributed by atoms with Gasteiger partial charge in [-0.2, -0.15) is 0 Å². The summed E-state index contributed by atoms with van der Waals surface area (Å²) in [6, 6.07) is 33.1. The van der Waals surface area contributed by atoms with Gasteiger partial charge in [-0.15, -0.1) is 0 Å². The third kappa shape index (κ3) is 2.98. The zero-order valence-electron chi connectivity index (χ0n) is 18.3. The lowest BCUT2D eigenvalue weighted by Gasteiger charge is -2.18. The molecule has 0 unspecified atom stereocenters. The molecule has 0 aliphatic rings. The van der Waals surface area contributed by atoms with E-state index in [-0.39, 0.29) is 0 Å². The molecule has 0 saturated heterocycles. The highest BCUT2D eigenvalue weighted by Gasteiger charge is 2.17. The molecule has 0 aliphatic heterocycles. The predicted molar refractivity (Wildman–Crippen MR) is 137 cm³/mol. The Morgan fingerprint density at radius 3 is 1.88 bits per heavy atom. The van der Waals surface area contributed by atoms with Crippen LogP contribution >= 0.6 is 0 Å². The van der Waals surface area contributed by atoms with Gasteiger partial charge in [-0.1, -0.05) is 90.0 Å². The van der Waals surface area contributed by atoms with E-state index in [1.807, 2.05) is 12.4 Å². The Balaban J connectivity index is 1.78. The predicted octanol–water partition coefficient (Wildman–Crippen LogP) is 8.49. The SMILES string of the molecule is Cc1cc(C)cc(-c2c3ccccc3c(-c3ccc4ccccc4c3)c3ccncc23)c1. The van der Waals surface area contributed by atoms with Crippen LogP contribution in [0.4, 0.5) is 0 Å². The van der Waals surface area contributed by atoms with E-state index in [0.29, 0.717) is 0 Å². The zero-order chi connectivity index (χ0) is 21.7. The van der Waals surface area contributed by atoms with Crippen molar-refractivity contribution in [1.82, 2.24) is 4.98 Å². The fourth-order valence-electron chi connectivity index (χ4n) is 5.11. The number of benzene rings is 5. The molecular formula is C31H23N. The van der Waals surface area contributed by atoms with Crippen LogP contribution in [-0.2, 0) is 0 Å². The van der Waals surface area contributed by atoms with Crippen LogP contribution in [0, 0.1) is 13.8 Å². The second kappa shape index (κ2) is 7.32. The highest BCUT2D eigenvalue weighted by molar-refractivity contribution is 6.21. The lowest BCUT2D eigenvalue weighted by atomic mass is 9.85. The molecule has 6 rings (SSSR count). The summed E-state index contributed by atoms with van der Waals surface area (Å²) in [5.74, 6) is 0. The Hall–Kier alpha value is -3.97. The number of nitrogens with zero attached hydrogens (tertiary/aromatic N) is 1. The van der Waals surface area contributed by atoms with Gasteiger partial charge in [0.2, 0.25) is 0 Å². The molecule has 32 heavy (non-hydrogen) atoms. The maximum absolute atomic E-state index is 4.54. The van der Waals surface area contributed by atoms with Gasteiger partial charge in [0, 0.05) is 17.8 Å². The first-order valence-corrected chi connectivity index (χ1v) is 11.1. The van der Waals surface area contributed by atoms with Crippen molar-refractivity contribution in [2.45, 2.75) is 13.8 Å². The number of aromatic nitrogens is 1. The minimum absolute atomic E-state index is 1.19. The summed E-state index contributed by atoms with van der Waals surface area (Å²) in [7, 11) is 0. The average Bonchev–Trinajstić information content (AvgIpc) is 2.81. The smallest absolute Gasteiger partial charge is 0.0353 e. The van der Waals surface area contributed by atoms with Crippen molar-refractivity contribution in [1.29, 1.82) is 0 Å². The van der Waals surface area contributed by atoms with Gasteiger partial charge in [-0.3, -0.25) is 4.98 Å². The molecule has 1 aromatic heterocycles. The molecule has 0 fully saturated rings. The van der Waals surface area contributed by atoms with Gasteiger partial charge in [0.05, 0.1) is 0 Å². The first-order valence-electron chi connectivity index (χ1n) is 11.1. The molecule has 152 valence electrons. The Labute approximate surface area is 188 Å². The number of pyridine rings is 1. The van der Waals surface area contributed by atoms with Crippen molar-refractivity contribution < 1.29 is 0 Å². The fourth-order valence-corrected chi connectivity index (χ4v) is 5.11. The van der Waals surface area contributed by atoms with E-state index in [2.05, 4.69) is 110 Å². The van der Waals surface area contributed by atoms with Gasteiger partial charge in [0.25, 0.3) is 0 Å². The van der Waals surface area contributed by atoms with Crippen LogP contribution < -0.4 is 0 Å². The quantitative estimate of drug-likeness (QED) is 0.261. The first-order chi connectivity index (χ1) is 15.7. The molecule has 0 N–H and O–H groups in total. The number of fused-ring (bicyclic) bond motifs is 3. The summed E-state index contributed by atoms with van der Waals surface area (Å²) in [6.45, 7) is 4.34. The number of hydrogen-bond donors (Lipinski definition) is 0. The maximum Gasteiger partial charge on any atom is 0.0353 e. The molecule has 0 amide bonds. The van der Waals surface area contributed by atoms with E-state index in [1.54, 1.807) is 0 Å². The summed E-state index contributed by atoms with van der Waals surface area (Å²) in [5.41, 5.74) is 7.58. The molecule has 1 nitrogen and oxygen atoms in total. The van der Waals surface area contributed by atoms with Crippen LogP contribution in [-0.4, -0.2) is 4.98 Å². The lowest BCUT2D eigenvalue weighted by Crippen LogP contribution is -1.92. The molecule has 1 heterocycles. The molecular weight excluding hydrogens is 386 g/mol. The van der Waals surface area contributed by atoms with E-state index in [0.717, 1.165) is 0 Å². The number of aryl methyl sites for hydroxylation is 2. The van der Waals surface area contributed by atoms with Gasteiger partial charge in [0.15, 0.2) is 0 Å². The van der Waals surface area contributed by atoms with Crippen LogP contribution in [0.25, 0.3) is 54.6 Å². The van der Waals surface area contributed by atoms with Gasteiger partial charge in [0.1, 0.15) is 0 Å². The summed E-state index contributed by atoms with van der Waals surface area (Å²) in [5, 5.41) is 7.49. The van der Waals surface area contributed by atoms with Crippen molar-refractivity contribution in [3.05, 3.63) is 115 Å². The average molecular weight is 410 g/mol. The highest BCUT2D eigenvalue weighted by atomic mass is 14.6. The van der Waals surface area contributed by atoms with E-state index in [4.69, 9.17) is 0 Å². The van der Waals surface area contributed by atoms with Crippen LogP contribution in [0.2, 0.25) is 0 Å². The maximum atomic E-state index is 4.54. The monoisotopic (exact) mass is 409 g/mol. The third-order valence-corrected chi connectivity index (χ3v) is 6.37. The van der Waals surface area contributed by atoms with Crippen molar-refractivity contribution >= 4 is 32.3 Å². The van der Waals surface area contributed by atoms with Gasteiger partial charge in [-0.25, -0.2) is 0 Å². The summed E-state index contributed by atoms with van der Waals surface area (Å²) in [6.07, 6.45) is 3.94. The third-order valence-electron chi connectivity index (χ3n) is 6.37. The molecule has 0 bridgehead atoms. The molecule has 0 aliphatic carbocycles. The van der Waals surface area contributed by atoms with Crippen molar-refractivity contribution in [3.8, 4) is 22.3 Å². The lowest BCUT2D eigenvalue weighted by molar-refractivity contribution is 1.36. The second-order valence-corrected chi connectivity index (χ2v) is 8.66. The topological polar surface area (TPSA) is 12.9 Å². The standard InChI is InChI=1S/C31H23N/c1-20-15-21(2)17-25(16-20)31-27-10-6-5-9-26(27)30(28-13-14-32-19-29(28)31)24-12-11-22-7-3-4-8-23(22)18-24/h3-19H,1-2H3. The normalized spacial score (nSPS) is 11.4. The summed E-state index contributed by atoms with van der Waals surface area (Å²) < 4.78 is 0. The highest BCUT2D eigenvalue weighted by Crippen LogP contribution is 2.44. The molecule has 1 heteroatoms. The number of rotatable bonds is 2. The van der Waals surface area contributed by atoms with Gasteiger partial charge < -0.3 is 0 Å². The molecule has 6 aromatic rings. The van der Waals surface area contributed by atoms with Crippen LogP contribution in [0.1, 0.15) is 11.1 Å². The van der Waals surface area contributed by atoms with E-state index < -0.39 is 0 Å². The van der Waals surface area contributed by atoms with Crippen molar-refractivity contribution in [3.63, 3.8) is 0 Å². The van der Waals surface area contributed by atoms with Crippen LogP contribution in [0.3, 0.4) is 0 Å². The number of hydrogen-bond acceptors (Lipinski definition) is 1. The minimum atomic E-state index is 1.19. The molecule has 5 aromatic carbocycles. The Morgan fingerprint density at radius 2 is 1.12 bits per heavy atom. The van der Waals surface area contributed by atoms with Crippen molar-refractivity contribution in [2.75, 3.05) is 0 Å². The van der Waals surface area contributed by atoms with E-state index in [9.17, 15) is 0 Å². The van der Waals surface area contributed by atoms with E-state index >= 15 is 0 Å². The molecule has 0 saturated carbocycles. The van der Waals surface area contributed by atoms with Gasteiger partial charge in [-0.05, 0) is 75.2 Å². The van der Waals surface area contributed by atoms with Gasteiger partial charge >= 0.3 is 0 Å². The van der Waals surface area contributed by atoms with Crippen LogP contribution in [0.5, 0.6) is 0 Å². The Morgan fingerprint density at radius 1 is 0.500 bits per heavy atom. The summed E-state index contributed by atoms with van der Waals surface area (Å²) in [4.78, 5) is 4.54. The van der Waals surface area contributed by atoms with Crippen LogP contribution in [0.15, 0.2) is 103 Å².